The van der Waals surface area contributed by atoms with Crippen LogP contribution < -0.4 is 0 Å². The van der Waals surface area contributed by atoms with E-state index in [9.17, 15) is 0 Å². The maximum Gasteiger partial charge on any atom is 0.0598 e. The van der Waals surface area contributed by atoms with Crippen LogP contribution in [0.5, 0.6) is 0 Å². The molecule has 0 bridgehead atoms. The predicted octanol–water partition coefficient (Wildman–Crippen LogP) is 5.89. The zero-order valence-corrected chi connectivity index (χ0v) is 13.9. The number of hydrogen-bond acceptors (Lipinski definition) is 1. The Morgan fingerprint density at radius 1 is 1.05 bits per heavy atom. The van der Waals surface area contributed by atoms with Gasteiger partial charge in [-0.1, -0.05) is 37.3 Å². The number of rotatable bonds is 6. The minimum Gasteiger partial charge on any atom is -0.376 e. The molecule has 2 rings (SSSR count). The van der Waals surface area contributed by atoms with E-state index in [0.717, 1.165) is 18.4 Å². The Kier molecular flexibility index (Phi) is 6.14. The second-order valence-corrected chi connectivity index (χ2v) is 7.83. The lowest BCUT2D eigenvalue weighted by Crippen LogP contribution is -2.19. The van der Waals surface area contributed by atoms with Gasteiger partial charge in [-0.25, -0.2) is 0 Å². The van der Waals surface area contributed by atoms with Crippen molar-refractivity contribution in [1.29, 1.82) is 0 Å². The molecule has 0 amide bonds. The van der Waals surface area contributed by atoms with Crippen LogP contribution in [-0.4, -0.2) is 12.2 Å². The first kappa shape index (κ1) is 16.1. The smallest absolute Gasteiger partial charge is 0.0598 e. The van der Waals surface area contributed by atoms with Crippen molar-refractivity contribution < 1.29 is 4.74 Å². The number of ether oxygens (including phenoxy) is 1. The van der Waals surface area contributed by atoms with Crippen LogP contribution in [0, 0.1) is 11.8 Å². The summed E-state index contributed by atoms with van der Waals surface area (Å²) in [4.78, 5) is 0. The van der Waals surface area contributed by atoms with Gasteiger partial charge in [0.1, 0.15) is 0 Å². The molecule has 2 aliphatic rings. The first-order valence-electron chi connectivity index (χ1n) is 8.89. The third-order valence-electron chi connectivity index (χ3n) is 4.89. The van der Waals surface area contributed by atoms with Crippen LogP contribution in [0.4, 0.5) is 0 Å². The van der Waals surface area contributed by atoms with Gasteiger partial charge in [0, 0.05) is 6.61 Å². The van der Waals surface area contributed by atoms with Crippen molar-refractivity contribution in [1.82, 2.24) is 0 Å². The largest absolute Gasteiger partial charge is 0.376 e. The van der Waals surface area contributed by atoms with Crippen LogP contribution in [0.3, 0.4) is 0 Å². The highest BCUT2D eigenvalue weighted by Gasteiger charge is 2.23. The summed E-state index contributed by atoms with van der Waals surface area (Å²) >= 11 is 0. The Balaban J connectivity index is 1.61. The fourth-order valence-corrected chi connectivity index (χ4v) is 3.75. The quantitative estimate of drug-likeness (QED) is 0.435. The standard InChI is InChI=1S/C19H34O/c1-19(2,3)20-14-8-7-9-16-12-13-18(15-16)17-10-5-4-6-11-17/h15-17H,4-14H2,1-3H3. The highest BCUT2D eigenvalue weighted by molar-refractivity contribution is 5.15. The topological polar surface area (TPSA) is 9.23 Å². The van der Waals surface area contributed by atoms with Crippen molar-refractivity contribution >= 4 is 0 Å². The van der Waals surface area contributed by atoms with Gasteiger partial charge in [0.25, 0.3) is 0 Å². The predicted molar refractivity (Wildman–Crippen MR) is 86.9 cm³/mol. The van der Waals surface area contributed by atoms with Gasteiger partial charge in [-0.3, -0.25) is 0 Å². The first-order chi connectivity index (χ1) is 9.54. The number of hydrogen-bond donors (Lipinski definition) is 0. The van der Waals surface area contributed by atoms with Crippen LogP contribution in [0.1, 0.15) is 85.0 Å². The number of unbranched alkanes of at least 4 members (excludes halogenated alkanes) is 1. The molecule has 1 unspecified atom stereocenters. The molecule has 1 saturated carbocycles. The van der Waals surface area contributed by atoms with Crippen LogP contribution in [0.15, 0.2) is 11.6 Å². The van der Waals surface area contributed by atoms with Gasteiger partial charge in [0.15, 0.2) is 0 Å². The third-order valence-corrected chi connectivity index (χ3v) is 4.89. The van der Waals surface area contributed by atoms with Gasteiger partial charge in [-0.2, -0.15) is 0 Å². The van der Waals surface area contributed by atoms with E-state index >= 15 is 0 Å². The summed E-state index contributed by atoms with van der Waals surface area (Å²) in [6.07, 6.45) is 16.8. The van der Waals surface area contributed by atoms with E-state index in [1.165, 1.54) is 64.2 Å². The Bertz CT molecular complexity index is 304. The van der Waals surface area contributed by atoms with E-state index in [0.29, 0.717) is 0 Å². The Morgan fingerprint density at radius 2 is 1.80 bits per heavy atom. The minimum atomic E-state index is 0.0292. The maximum atomic E-state index is 5.79. The van der Waals surface area contributed by atoms with Gasteiger partial charge in [-0.05, 0) is 71.1 Å². The summed E-state index contributed by atoms with van der Waals surface area (Å²) < 4.78 is 5.79. The maximum absolute atomic E-state index is 5.79. The molecule has 0 aromatic heterocycles. The van der Waals surface area contributed by atoms with Crippen molar-refractivity contribution in [3.05, 3.63) is 11.6 Å². The molecule has 0 aliphatic heterocycles. The summed E-state index contributed by atoms with van der Waals surface area (Å²) in [6.45, 7) is 7.35. The van der Waals surface area contributed by atoms with E-state index in [2.05, 4.69) is 26.8 Å². The number of allylic oxidation sites excluding steroid dienone is 2. The normalized spacial score (nSPS) is 24.9. The van der Waals surface area contributed by atoms with Crippen molar-refractivity contribution in [2.24, 2.45) is 11.8 Å². The summed E-state index contributed by atoms with van der Waals surface area (Å²) in [5.41, 5.74) is 1.85. The van der Waals surface area contributed by atoms with Crippen LogP contribution in [0.25, 0.3) is 0 Å². The molecule has 0 heterocycles. The lowest BCUT2D eigenvalue weighted by Gasteiger charge is -2.22. The molecule has 0 aromatic carbocycles. The van der Waals surface area contributed by atoms with Gasteiger partial charge in [0.05, 0.1) is 5.60 Å². The fraction of sp³-hybridized carbons (Fsp3) is 0.895. The second-order valence-electron chi connectivity index (χ2n) is 7.83. The van der Waals surface area contributed by atoms with E-state index in [4.69, 9.17) is 4.74 Å². The molecule has 0 N–H and O–H groups in total. The third kappa shape index (κ3) is 5.60. The molecule has 116 valence electrons. The second kappa shape index (κ2) is 7.64. The molecule has 20 heavy (non-hydrogen) atoms. The lowest BCUT2D eigenvalue weighted by molar-refractivity contribution is -0.00490. The van der Waals surface area contributed by atoms with E-state index in [1.54, 1.807) is 0 Å². The summed E-state index contributed by atoms with van der Waals surface area (Å²) in [5.74, 6) is 1.83. The Morgan fingerprint density at radius 3 is 2.50 bits per heavy atom. The van der Waals surface area contributed by atoms with Gasteiger partial charge < -0.3 is 4.74 Å². The summed E-state index contributed by atoms with van der Waals surface area (Å²) in [6, 6.07) is 0. The summed E-state index contributed by atoms with van der Waals surface area (Å²) in [7, 11) is 0. The lowest BCUT2D eigenvalue weighted by atomic mass is 9.83. The van der Waals surface area contributed by atoms with Crippen molar-refractivity contribution in [2.75, 3.05) is 6.61 Å². The average Bonchev–Trinajstić information content (AvgIpc) is 2.87. The average molecular weight is 278 g/mol. The SMILES string of the molecule is CC(C)(C)OCCCCC1C=C(C2CCCCC2)CC1. The molecule has 1 heteroatoms. The van der Waals surface area contributed by atoms with Crippen LogP contribution in [0.2, 0.25) is 0 Å². The minimum absolute atomic E-state index is 0.0292. The molecule has 1 atom stereocenters. The van der Waals surface area contributed by atoms with Gasteiger partial charge in [-0.15, -0.1) is 0 Å². The van der Waals surface area contributed by atoms with E-state index in [1.807, 2.05) is 5.57 Å². The monoisotopic (exact) mass is 278 g/mol. The highest BCUT2D eigenvalue weighted by Crippen LogP contribution is 2.38. The van der Waals surface area contributed by atoms with Crippen molar-refractivity contribution in [3.8, 4) is 0 Å². The zero-order chi connectivity index (χ0) is 14.4. The molecule has 0 radical (unpaired) electrons. The fourth-order valence-electron chi connectivity index (χ4n) is 3.75. The Hall–Kier alpha value is -0.300. The van der Waals surface area contributed by atoms with Gasteiger partial charge >= 0.3 is 0 Å². The molecular formula is C19H34O. The molecule has 0 spiro atoms. The summed E-state index contributed by atoms with van der Waals surface area (Å²) in [5, 5.41) is 0. The van der Waals surface area contributed by atoms with Crippen molar-refractivity contribution in [2.45, 2.75) is 90.6 Å². The molecule has 2 aliphatic carbocycles. The molecule has 0 aromatic rings. The van der Waals surface area contributed by atoms with Crippen LogP contribution in [-0.2, 0) is 4.74 Å². The van der Waals surface area contributed by atoms with Crippen LogP contribution >= 0.6 is 0 Å². The zero-order valence-electron chi connectivity index (χ0n) is 13.9. The van der Waals surface area contributed by atoms with Crippen molar-refractivity contribution in [3.63, 3.8) is 0 Å². The van der Waals surface area contributed by atoms with E-state index < -0.39 is 0 Å². The molecule has 0 saturated heterocycles. The molecule has 1 nitrogen and oxygen atoms in total. The Labute approximate surface area is 126 Å². The molecular weight excluding hydrogens is 244 g/mol. The molecule has 1 fully saturated rings. The highest BCUT2D eigenvalue weighted by atomic mass is 16.5. The first-order valence-corrected chi connectivity index (χ1v) is 8.89. The van der Waals surface area contributed by atoms with Gasteiger partial charge in [0.2, 0.25) is 0 Å². The van der Waals surface area contributed by atoms with E-state index in [-0.39, 0.29) is 5.60 Å².